The second-order valence-corrected chi connectivity index (χ2v) is 9.84. The maximum atomic E-state index is 12.8. The monoisotopic (exact) mass is 452 g/mol. The molecule has 0 radical (unpaired) electrons. The van der Waals surface area contributed by atoms with Crippen LogP contribution in [0.4, 0.5) is 0 Å². The lowest BCUT2D eigenvalue weighted by Gasteiger charge is -2.18. The third kappa shape index (κ3) is 3.58. The van der Waals surface area contributed by atoms with E-state index < -0.39 is 27.9 Å². The zero-order valence-electron chi connectivity index (χ0n) is 18.3. The average Bonchev–Trinajstić information content (AvgIpc) is 3.18. The zero-order chi connectivity index (χ0) is 23.2. The lowest BCUT2D eigenvalue weighted by molar-refractivity contribution is 0.0845. The third-order valence-electron chi connectivity index (χ3n) is 5.35. The standard InChI is InChI=1S/C23H24N4O4S/c1-14(2)27-23(29)19-10-9-17(12-21(19)32(27,30)31)22(28)24-13-18-7-5-6-8-20(18)26-16(4)11-15(3)25-26/h5-12,14H,13H2,1-4H3,(H,24,28). The fourth-order valence-corrected chi connectivity index (χ4v) is 5.71. The van der Waals surface area contributed by atoms with E-state index in [0.29, 0.717) is 0 Å². The van der Waals surface area contributed by atoms with Crippen molar-refractivity contribution >= 4 is 21.8 Å². The number of aryl methyl sites for hydroxylation is 2. The number of benzene rings is 2. The predicted octanol–water partition coefficient (Wildman–Crippen LogP) is 2.97. The van der Waals surface area contributed by atoms with Crippen LogP contribution in [0.15, 0.2) is 53.4 Å². The molecule has 9 heteroatoms. The van der Waals surface area contributed by atoms with E-state index in [1.807, 2.05) is 48.9 Å². The van der Waals surface area contributed by atoms with E-state index >= 15 is 0 Å². The molecular weight excluding hydrogens is 428 g/mol. The zero-order valence-corrected chi connectivity index (χ0v) is 19.1. The molecular formula is C23H24N4O4S. The maximum absolute atomic E-state index is 12.8. The highest BCUT2D eigenvalue weighted by atomic mass is 32.2. The molecule has 0 fully saturated rings. The highest BCUT2D eigenvalue weighted by molar-refractivity contribution is 7.90. The van der Waals surface area contributed by atoms with Crippen LogP contribution in [0.2, 0.25) is 0 Å². The van der Waals surface area contributed by atoms with Crippen molar-refractivity contribution in [3.63, 3.8) is 0 Å². The number of para-hydroxylation sites is 1. The summed E-state index contributed by atoms with van der Waals surface area (Å²) in [5, 5.41) is 7.35. The Labute approximate surface area is 186 Å². The van der Waals surface area contributed by atoms with Crippen molar-refractivity contribution in [2.75, 3.05) is 0 Å². The maximum Gasteiger partial charge on any atom is 0.269 e. The van der Waals surface area contributed by atoms with Gasteiger partial charge in [0, 0.05) is 23.8 Å². The molecule has 2 heterocycles. The Morgan fingerprint density at radius 3 is 2.47 bits per heavy atom. The Morgan fingerprint density at radius 2 is 1.81 bits per heavy atom. The van der Waals surface area contributed by atoms with E-state index in [2.05, 4.69) is 10.4 Å². The lowest BCUT2D eigenvalue weighted by atomic mass is 10.1. The molecule has 2 aromatic carbocycles. The molecule has 166 valence electrons. The summed E-state index contributed by atoms with van der Waals surface area (Å²) in [7, 11) is -3.97. The average molecular weight is 453 g/mol. The molecule has 0 bridgehead atoms. The van der Waals surface area contributed by atoms with Gasteiger partial charge in [0.2, 0.25) is 0 Å². The molecule has 0 aliphatic carbocycles. The van der Waals surface area contributed by atoms with Crippen LogP contribution in [0, 0.1) is 13.8 Å². The SMILES string of the molecule is Cc1cc(C)n(-c2ccccc2CNC(=O)c2ccc3c(c2)S(=O)(=O)N(C(C)C)C3=O)n1. The first kappa shape index (κ1) is 21.8. The summed E-state index contributed by atoms with van der Waals surface area (Å²) >= 11 is 0. The van der Waals surface area contributed by atoms with Crippen LogP contribution in [0.5, 0.6) is 0 Å². The van der Waals surface area contributed by atoms with E-state index in [4.69, 9.17) is 0 Å². The number of carbonyl (C=O) groups is 2. The van der Waals surface area contributed by atoms with Gasteiger partial charge in [0.15, 0.2) is 0 Å². The van der Waals surface area contributed by atoms with Gasteiger partial charge in [-0.2, -0.15) is 5.10 Å². The van der Waals surface area contributed by atoms with Crippen LogP contribution in [0.3, 0.4) is 0 Å². The first-order valence-corrected chi connectivity index (χ1v) is 11.7. The summed E-state index contributed by atoms with van der Waals surface area (Å²) in [5.41, 5.74) is 3.85. The molecule has 1 aliphatic heterocycles. The second kappa shape index (κ2) is 7.90. The Balaban J connectivity index is 1.59. The molecule has 0 spiro atoms. The van der Waals surface area contributed by atoms with Gasteiger partial charge in [0.1, 0.15) is 4.90 Å². The largest absolute Gasteiger partial charge is 0.348 e. The van der Waals surface area contributed by atoms with E-state index in [0.717, 1.165) is 26.9 Å². The first-order valence-electron chi connectivity index (χ1n) is 10.2. The number of aromatic nitrogens is 2. The van der Waals surface area contributed by atoms with Crippen LogP contribution >= 0.6 is 0 Å². The van der Waals surface area contributed by atoms with Gasteiger partial charge in [-0.05, 0) is 63.6 Å². The van der Waals surface area contributed by atoms with Gasteiger partial charge in [-0.25, -0.2) is 17.4 Å². The number of sulfonamides is 1. The van der Waals surface area contributed by atoms with Gasteiger partial charge in [0.25, 0.3) is 21.8 Å². The van der Waals surface area contributed by atoms with Crippen molar-refractivity contribution < 1.29 is 18.0 Å². The molecule has 1 N–H and O–H groups in total. The molecule has 0 atom stereocenters. The molecule has 0 unspecified atom stereocenters. The summed E-state index contributed by atoms with van der Waals surface area (Å²) in [6.07, 6.45) is 0. The molecule has 1 aromatic heterocycles. The van der Waals surface area contributed by atoms with Gasteiger partial charge >= 0.3 is 0 Å². The highest BCUT2D eigenvalue weighted by Crippen LogP contribution is 2.32. The number of fused-ring (bicyclic) bond motifs is 1. The molecule has 0 saturated heterocycles. The molecule has 1 aliphatic rings. The Bertz CT molecular complexity index is 1340. The number of rotatable bonds is 5. The third-order valence-corrected chi connectivity index (χ3v) is 7.35. The molecule has 32 heavy (non-hydrogen) atoms. The van der Waals surface area contributed by atoms with Gasteiger partial charge in [0.05, 0.1) is 16.9 Å². The van der Waals surface area contributed by atoms with Crippen molar-refractivity contribution in [2.24, 2.45) is 0 Å². The Hall–Kier alpha value is -3.46. The van der Waals surface area contributed by atoms with E-state index in [1.165, 1.54) is 18.2 Å². The van der Waals surface area contributed by atoms with E-state index in [-0.39, 0.29) is 22.6 Å². The minimum Gasteiger partial charge on any atom is -0.348 e. The van der Waals surface area contributed by atoms with Crippen molar-refractivity contribution in [3.8, 4) is 5.69 Å². The van der Waals surface area contributed by atoms with Gasteiger partial charge in [-0.1, -0.05) is 18.2 Å². The number of amides is 2. The molecule has 3 aromatic rings. The van der Waals surface area contributed by atoms with Gasteiger partial charge in [-0.3, -0.25) is 9.59 Å². The normalized spacial score (nSPS) is 14.7. The summed E-state index contributed by atoms with van der Waals surface area (Å²) in [6, 6.07) is 13.2. The first-order chi connectivity index (χ1) is 15.1. The Morgan fingerprint density at radius 1 is 1.09 bits per heavy atom. The van der Waals surface area contributed by atoms with E-state index in [1.54, 1.807) is 13.8 Å². The minimum absolute atomic E-state index is 0.0881. The summed E-state index contributed by atoms with van der Waals surface area (Å²) in [4.78, 5) is 25.2. The van der Waals surface area contributed by atoms with Gasteiger partial charge < -0.3 is 5.32 Å². The fourth-order valence-electron chi connectivity index (χ4n) is 3.92. The number of hydrogen-bond donors (Lipinski definition) is 1. The summed E-state index contributed by atoms with van der Waals surface area (Å²) in [5.74, 6) is -0.998. The molecule has 0 saturated carbocycles. The highest BCUT2D eigenvalue weighted by Gasteiger charge is 2.42. The molecule has 2 amide bonds. The quantitative estimate of drug-likeness (QED) is 0.641. The smallest absolute Gasteiger partial charge is 0.269 e. The second-order valence-electron chi connectivity index (χ2n) is 8.06. The van der Waals surface area contributed by atoms with Crippen LogP contribution in [-0.4, -0.2) is 40.4 Å². The summed E-state index contributed by atoms with van der Waals surface area (Å²) in [6.45, 7) is 7.38. The summed E-state index contributed by atoms with van der Waals surface area (Å²) < 4.78 is 28.3. The fraction of sp³-hybridized carbons (Fsp3) is 0.261. The van der Waals surface area contributed by atoms with E-state index in [9.17, 15) is 18.0 Å². The van der Waals surface area contributed by atoms with Crippen LogP contribution in [-0.2, 0) is 16.6 Å². The van der Waals surface area contributed by atoms with Gasteiger partial charge in [-0.15, -0.1) is 0 Å². The van der Waals surface area contributed by atoms with Crippen LogP contribution in [0.1, 0.15) is 51.5 Å². The van der Waals surface area contributed by atoms with Crippen molar-refractivity contribution in [1.82, 2.24) is 19.4 Å². The predicted molar refractivity (Wildman–Crippen MR) is 119 cm³/mol. The lowest BCUT2D eigenvalue weighted by Crippen LogP contribution is -2.36. The molecule has 8 nitrogen and oxygen atoms in total. The Kier molecular flexibility index (Phi) is 5.37. The van der Waals surface area contributed by atoms with Crippen molar-refractivity contribution in [2.45, 2.75) is 45.2 Å². The topological polar surface area (TPSA) is 101 Å². The van der Waals surface area contributed by atoms with Crippen molar-refractivity contribution in [1.29, 1.82) is 0 Å². The van der Waals surface area contributed by atoms with Crippen LogP contribution < -0.4 is 5.32 Å². The number of carbonyl (C=O) groups excluding carboxylic acids is 2. The van der Waals surface area contributed by atoms with Crippen LogP contribution in [0.25, 0.3) is 5.69 Å². The number of nitrogens with one attached hydrogen (secondary N) is 1. The molecule has 4 rings (SSSR count). The van der Waals surface area contributed by atoms with Crippen molar-refractivity contribution in [3.05, 3.63) is 76.6 Å². The minimum atomic E-state index is -3.97. The number of hydrogen-bond acceptors (Lipinski definition) is 5. The number of nitrogens with zero attached hydrogens (tertiary/aromatic N) is 3.